The molecule has 1 aliphatic heterocycles. The van der Waals surface area contributed by atoms with Crippen LogP contribution in [0.3, 0.4) is 0 Å². The molecule has 1 aliphatic rings. The Balaban J connectivity index is 2.03. The van der Waals surface area contributed by atoms with Gasteiger partial charge in [0.1, 0.15) is 0 Å². The van der Waals surface area contributed by atoms with Crippen LogP contribution in [-0.4, -0.2) is 41.2 Å². The zero-order valence-electron chi connectivity index (χ0n) is 22.1. The molecule has 0 fully saturated rings. The monoisotopic (exact) mass is 568 g/mol. The second-order valence-electron chi connectivity index (χ2n) is 8.63. The van der Waals surface area contributed by atoms with Gasteiger partial charge in [-0.1, -0.05) is 23.5 Å². The SMILES string of the molecule is CCOC(=O)C1=C(C)N=c2s/c(=C/c3cc(OC)c(OC)cc3[N+](=O)[O-])c(=O)n2[C@@H]1c1ccc(C)c([N+](=O)[O-])c1. The number of fused-ring (bicyclic) bond motifs is 1. The van der Waals surface area contributed by atoms with Gasteiger partial charge in [-0.05, 0) is 38.5 Å². The molecular formula is C26H24N4O9S. The molecular weight excluding hydrogens is 544 g/mol. The maximum Gasteiger partial charge on any atom is 0.338 e. The molecule has 0 spiro atoms. The highest BCUT2D eigenvalue weighted by Crippen LogP contribution is 2.35. The van der Waals surface area contributed by atoms with Gasteiger partial charge in [-0.3, -0.25) is 29.6 Å². The lowest BCUT2D eigenvalue weighted by Crippen LogP contribution is -2.40. The van der Waals surface area contributed by atoms with Crippen molar-refractivity contribution in [3.63, 3.8) is 0 Å². The third-order valence-corrected chi connectivity index (χ3v) is 7.26. The van der Waals surface area contributed by atoms with E-state index in [1.807, 2.05) is 0 Å². The minimum atomic E-state index is -1.09. The molecule has 1 aromatic heterocycles. The van der Waals surface area contributed by atoms with E-state index < -0.39 is 27.4 Å². The number of nitrogens with zero attached hydrogens (tertiary/aromatic N) is 4. The molecule has 0 amide bonds. The van der Waals surface area contributed by atoms with Gasteiger partial charge in [0.15, 0.2) is 16.3 Å². The molecule has 0 radical (unpaired) electrons. The van der Waals surface area contributed by atoms with Gasteiger partial charge in [0.25, 0.3) is 16.9 Å². The van der Waals surface area contributed by atoms with Crippen molar-refractivity contribution in [2.75, 3.05) is 20.8 Å². The second kappa shape index (κ2) is 11.1. The number of esters is 1. The van der Waals surface area contributed by atoms with Gasteiger partial charge in [0.2, 0.25) is 0 Å². The molecule has 3 aromatic rings. The maximum atomic E-state index is 13.8. The van der Waals surface area contributed by atoms with E-state index in [-0.39, 0.29) is 55.6 Å². The first-order valence-electron chi connectivity index (χ1n) is 11.9. The van der Waals surface area contributed by atoms with Gasteiger partial charge in [-0.15, -0.1) is 0 Å². The minimum absolute atomic E-state index is 0.0519. The van der Waals surface area contributed by atoms with Crippen LogP contribution >= 0.6 is 11.3 Å². The number of nitro groups is 2. The van der Waals surface area contributed by atoms with Crippen LogP contribution in [0.1, 0.15) is 36.6 Å². The number of benzene rings is 2. The summed E-state index contributed by atoms with van der Waals surface area (Å²) in [5, 5.41) is 23.5. The summed E-state index contributed by atoms with van der Waals surface area (Å²) >= 11 is 0.957. The Hall–Kier alpha value is -4.85. The number of methoxy groups -OCH3 is 2. The molecule has 0 saturated heterocycles. The summed E-state index contributed by atoms with van der Waals surface area (Å²) in [4.78, 5) is 53.9. The number of thiazole rings is 1. The molecule has 1 atom stereocenters. The first-order chi connectivity index (χ1) is 19.0. The standard InChI is InChI=1S/C26H24N4O9S/c1-6-39-25(32)22-14(3)27-26-28(23(22)15-8-7-13(2)17(9-15)29(33)34)24(31)21(40-26)11-16-10-19(37-4)20(38-5)12-18(16)30(35)36/h7-12,23H,6H2,1-5H3/b21-11+/t23-/m1/s1. The molecule has 0 saturated carbocycles. The molecule has 2 heterocycles. The van der Waals surface area contributed by atoms with Crippen molar-refractivity contribution >= 4 is 34.8 Å². The highest BCUT2D eigenvalue weighted by atomic mass is 32.1. The Bertz CT molecular complexity index is 1770. The maximum absolute atomic E-state index is 13.8. The van der Waals surface area contributed by atoms with Gasteiger partial charge in [0, 0.05) is 11.6 Å². The highest BCUT2D eigenvalue weighted by molar-refractivity contribution is 7.07. The zero-order valence-corrected chi connectivity index (χ0v) is 22.9. The fourth-order valence-corrected chi connectivity index (χ4v) is 5.44. The lowest BCUT2D eigenvalue weighted by Gasteiger charge is -2.24. The van der Waals surface area contributed by atoms with E-state index in [0.29, 0.717) is 11.1 Å². The van der Waals surface area contributed by atoms with Gasteiger partial charge >= 0.3 is 5.97 Å². The van der Waals surface area contributed by atoms with Crippen molar-refractivity contribution in [1.82, 2.24) is 4.57 Å². The lowest BCUT2D eigenvalue weighted by molar-refractivity contribution is -0.385. The van der Waals surface area contributed by atoms with Crippen molar-refractivity contribution in [3.8, 4) is 11.5 Å². The van der Waals surface area contributed by atoms with Crippen LogP contribution in [-0.2, 0) is 9.53 Å². The third-order valence-electron chi connectivity index (χ3n) is 6.28. The molecule has 2 aromatic carbocycles. The average Bonchev–Trinajstić information content (AvgIpc) is 3.21. The molecule has 14 heteroatoms. The van der Waals surface area contributed by atoms with Gasteiger partial charge in [-0.2, -0.15) is 0 Å². The Labute approximate surface area is 230 Å². The Morgan fingerprint density at radius 2 is 1.73 bits per heavy atom. The van der Waals surface area contributed by atoms with Crippen LogP contribution < -0.4 is 24.4 Å². The quantitative estimate of drug-likeness (QED) is 0.226. The number of carbonyl (C=O) groups is 1. The number of carbonyl (C=O) groups excluding carboxylic acids is 1. The zero-order chi connectivity index (χ0) is 29.3. The first-order valence-corrected chi connectivity index (χ1v) is 12.7. The molecule has 0 unspecified atom stereocenters. The molecule has 40 heavy (non-hydrogen) atoms. The number of aromatic nitrogens is 1. The molecule has 208 valence electrons. The summed E-state index contributed by atoms with van der Waals surface area (Å²) in [7, 11) is 2.72. The topological polar surface area (TPSA) is 165 Å². The van der Waals surface area contributed by atoms with Crippen molar-refractivity contribution in [2.24, 2.45) is 4.99 Å². The van der Waals surface area contributed by atoms with E-state index in [9.17, 15) is 29.8 Å². The lowest BCUT2D eigenvalue weighted by atomic mass is 9.94. The van der Waals surface area contributed by atoms with Crippen LogP contribution in [0.25, 0.3) is 6.08 Å². The molecule has 0 N–H and O–H groups in total. The van der Waals surface area contributed by atoms with Gasteiger partial charge in [0.05, 0.1) is 64.1 Å². The summed E-state index contributed by atoms with van der Waals surface area (Å²) in [6.45, 7) is 4.85. The minimum Gasteiger partial charge on any atom is -0.493 e. The van der Waals surface area contributed by atoms with Crippen LogP contribution in [0.2, 0.25) is 0 Å². The number of rotatable bonds is 8. The normalized spacial score (nSPS) is 14.8. The summed E-state index contributed by atoms with van der Waals surface area (Å²) < 4.78 is 17.0. The first kappa shape index (κ1) is 28.2. The van der Waals surface area contributed by atoms with Crippen molar-refractivity contribution < 1.29 is 28.9 Å². The van der Waals surface area contributed by atoms with E-state index in [0.717, 1.165) is 11.3 Å². The summed E-state index contributed by atoms with van der Waals surface area (Å²) in [5.41, 5.74) is 0.00971. The van der Waals surface area contributed by atoms with Crippen LogP contribution in [0.5, 0.6) is 11.5 Å². The fraction of sp³-hybridized carbons (Fsp3) is 0.269. The number of aryl methyl sites for hydroxylation is 1. The molecule has 0 bridgehead atoms. The summed E-state index contributed by atoms with van der Waals surface area (Å²) in [5.74, 6) is -0.359. The van der Waals surface area contributed by atoms with Crippen molar-refractivity contribution in [3.05, 3.63) is 98.2 Å². The Morgan fingerprint density at radius 1 is 1.07 bits per heavy atom. The van der Waals surface area contributed by atoms with Crippen LogP contribution in [0.4, 0.5) is 11.4 Å². The number of ether oxygens (including phenoxy) is 3. The fourth-order valence-electron chi connectivity index (χ4n) is 4.40. The van der Waals surface area contributed by atoms with Gasteiger partial charge < -0.3 is 14.2 Å². The third kappa shape index (κ3) is 4.96. The summed E-state index contributed by atoms with van der Waals surface area (Å²) in [6.07, 6.45) is 1.34. The second-order valence-corrected chi connectivity index (χ2v) is 9.64. The number of hydrogen-bond donors (Lipinski definition) is 0. The largest absolute Gasteiger partial charge is 0.493 e. The van der Waals surface area contributed by atoms with E-state index in [2.05, 4.69) is 4.99 Å². The highest BCUT2D eigenvalue weighted by Gasteiger charge is 2.34. The van der Waals surface area contributed by atoms with Gasteiger partial charge in [-0.25, -0.2) is 9.79 Å². The smallest absolute Gasteiger partial charge is 0.338 e. The number of allylic oxidation sites excluding steroid dienone is 1. The van der Waals surface area contributed by atoms with E-state index in [1.165, 1.54) is 49.1 Å². The van der Waals surface area contributed by atoms with E-state index in [4.69, 9.17) is 14.2 Å². The average molecular weight is 569 g/mol. The van der Waals surface area contributed by atoms with Crippen molar-refractivity contribution in [2.45, 2.75) is 26.8 Å². The number of hydrogen-bond acceptors (Lipinski definition) is 11. The molecule has 0 aliphatic carbocycles. The Kier molecular flexibility index (Phi) is 7.81. The molecule has 13 nitrogen and oxygen atoms in total. The molecule has 4 rings (SSSR count). The number of nitro benzene ring substituents is 2. The van der Waals surface area contributed by atoms with Crippen LogP contribution in [0.15, 0.2) is 51.4 Å². The van der Waals surface area contributed by atoms with E-state index >= 15 is 0 Å². The van der Waals surface area contributed by atoms with Crippen LogP contribution in [0, 0.1) is 27.2 Å². The predicted octanol–water partition coefficient (Wildman–Crippen LogP) is 2.94. The Morgan fingerprint density at radius 3 is 2.33 bits per heavy atom. The predicted molar refractivity (Wildman–Crippen MR) is 144 cm³/mol. The van der Waals surface area contributed by atoms with E-state index in [1.54, 1.807) is 26.8 Å². The van der Waals surface area contributed by atoms with Crippen molar-refractivity contribution in [1.29, 1.82) is 0 Å². The summed E-state index contributed by atoms with van der Waals surface area (Å²) in [6, 6.07) is 5.94.